The lowest BCUT2D eigenvalue weighted by Gasteiger charge is -2.06. The van der Waals surface area contributed by atoms with Crippen LogP contribution in [-0.4, -0.2) is 35.1 Å². The zero-order valence-electron chi connectivity index (χ0n) is 14.1. The van der Waals surface area contributed by atoms with Crippen LogP contribution in [0.25, 0.3) is 20.4 Å². The van der Waals surface area contributed by atoms with E-state index in [4.69, 9.17) is 9.47 Å². The lowest BCUT2D eigenvalue weighted by molar-refractivity contribution is 0.0396. The zero-order valence-corrected chi connectivity index (χ0v) is 15.7. The molecule has 0 aliphatic carbocycles. The van der Waals surface area contributed by atoms with Crippen molar-refractivity contribution in [1.82, 2.24) is 9.97 Å². The third kappa shape index (κ3) is 3.96. The lowest BCUT2D eigenvalue weighted by atomic mass is 10.2. The van der Waals surface area contributed by atoms with Gasteiger partial charge in [0.25, 0.3) is 0 Å². The highest BCUT2D eigenvalue weighted by Crippen LogP contribution is 2.20. The molecule has 0 radical (unpaired) electrons. The van der Waals surface area contributed by atoms with E-state index in [2.05, 4.69) is 9.97 Å². The highest BCUT2D eigenvalue weighted by molar-refractivity contribution is 7.17. The van der Waals surface area contributed by atoms with Crippen LogP contribution in [-0.2, 0) is 9.47 Å². The largest absolute Gasteiger partial charge is 0.462 e. The molecule has 0 N–H and O–H groups in total. The molecule has 4 aromatic rings. The molecular formula is C19H14N2O4S2. The van der Waals surface area contributed by atoms with Crippen LogP contribution in [0.1, 0.15) is 27.1 Å². The summed E-state index contributed by atoms with van der Waals surface area (Å²) in [5.74, 6) is -0.792. The van der Waals surface area contributed by atoms with Gasteiger partial charge in [0.15, 0.2) is 0 Å². The van der Waals surface area contributed by atoms with E-state index in [0.29, 0.717) is 17.5 Å². The average Bonchev–Trinajstić information content (AvgIpc) is 3.34. The first-order valence-corrected chi connectivity index (χ1v) is 9.97. The summed E-state index contributed by atoms with van der Waals surface area (Å²) in [7, 11) is 0. The first-order chi connectivity index (χ1) is 13.2. The summed E-state index contributed by atoms with van der Waals surface area (Å²) in [5.41, 5.74) is 6.17. The number of ether oxygens (including phenoxy) is 2. The SMILES string of the molecule is O=C(OCCCOC(=O)c1ccc2ncsc2c1)c1ccc2ncsc2c1. The van der Waals surface area contributed by atoms with Gasteiger partial charge in [-0.25, -0.2) is 19.6 Å². The van der Waals surface area contributed by atoms with Crippen LogP contribution in [0.4, 0.5) is 0 Å². The number of fused-ring (bicyclic) bond motifs is 2. The first kappa shape index (κ1) is 17.6. The third-order valence-corrected chi connectivity index (χ3v) is 5.47. The van der Waals surface area contributed by atoms with Gasteiger partial charge in [0.1, 0.15) is 0 Å². The van der Waals surface area contributed by atoms with Gasteiger partial charge in [-0.05, 0) is 36.4 Å². The van der Waals surface area contributed by atoms with E-state index in [-0.39, 0.29) is 13.2 Å². The fraction of sp³-hybridized carbons (Fsp3) is 0.158. The highest BCUT2D eigenvalue weighted by atomic mass is 32.1. The third-order valence-electron chi connectivity index (χ3n) is 3.89. The molecule has 27 heavy (non-hydrogen) atoms. The molecule has 2 aromatic carbocycles. The lowest BCUT2D eigenvalue weighted by Crippen LogP contribution is -2.11. The highest BCUT2D eigenvalue weighted by Gasteiger charge is 2.11. The summed E-state index contributed by atoms with van der Waals surface area (Å²) >= 11 is 2.95. The van der Waals surface area contributed by atoms with Crippen molar-refractivity contribution in [3.05, 3.63) is 58.5 Å². The standard InChI is InChI=1S/C19H14N2O4S2/c22-18(12-2-4-14-16(8-12)26-10-20-14)24-6-1-7-25-19(23)13-3-5-15-17(9-13)27-11-21-15/h2-5,8-11H,1,6-7H2. The van der Waals surface area contributed by atoms with Crippen LogP contribution >= 0.6 is 22.7 Å². The maximum absolute atomic E-state index is 12.1. The fourth-order valence-corrected chi connectivity index (χ4v) is 3.95. The second-order valence-corrected chi connectivity index (χ2v) is 7.47. The molecule has 6 nitrogen and oxygen atoms in total. The number of rotatable bonds is 6. The molecule has 0 atom stereocenters. The van der Waals surface area contributed by atoms with E-state index in [1.165, 1.54) is 22.7 Å². The van der Waals surface area contributed by atoms with Crippen LogP contribution in [0.15, 0.2) is 47.4 Å². The van der Waals surface area contributed by atoms with E-state index in [0.717, 1.165) is 20.4 Å². The van der Waals surface area contributed by atoms with Crippen molar-refractivity contribution in [2.75, 3.05) is 13.2 Å². The smallest absolute Gasteiger partial charge is 0.338 e. The fourth-order valence-electron chi connectivity index (χ4n) is 2.52. The molecule has 0 saturated carbocycles. The summed E-state index contributed by atoms with van der Waals surface area (Å²) in [6.07, 6.45) is 0.434. The summed E-state index contributed by atoms with van der Waals surface area (Å²) in [5, 5.41) is 0. The van der Waals surface area contributed by atoms with Gasteiger partial charge in [0.2, 0.25) is 0 Å². The molecule has 0 amide bonds. The Morgan fingerprint density at radius 1 is 0.778 bits per heavy atom. The first-order valence-electron chi connectivity index (χ1n) is 8.21. The maximum atomic E-state index is 12.1. The minimum absolute atomic E-state index is 0.181. The predicted molar refractivity (Wildman–Crippen MR) is 104 cm³/mol. The number of carbonyl (C=O) groups excluding carboxylic acids is 2. The van der Waals surface area contributed by atoms with Gasteiger partial charge < -0.3 is 9.47 Å². The summed E-state index contributed by atoms with van der Waals surface area (Å²) in [4.78, 5) is 32.5. The van der Waals surface area contributed by atoms with E-state index in [1.54, 1.807) is 47.4 Å². The van der Waals surface area contributed by atoms with Crippen molar-refractivity contribution < 1.29 is 19.1 Å². The number of benzene rings is 2. The monoisotopic (exact) mass is 398 g/mol. The summed E-state index contributed by atoms with van der Waals surface area (Å²) in [6.45, 7) is 0.363. The molecule has 4 rings (SSSR count). The van der Waals surface area contributed by atoms with Crippen LogP contribution in [0, 0.1) is 0 Å². The minimum atomic E-state index is -0.396. The Hall–Kier alpha value is -2.84. The minimum Gasteiger partial charge on any atom is -0.462 e. The van der Waals surface area contributed by atoms with Crippen molar-refractivity contribution in [2.45, 2.75) is 6.42 Å². The maximum Gasteiger partial charge on any atom is 0.338 e. The summed E-state index contributed by atoms with van der Waals surface area (Å²) < 4.78 is 12.4. The second kappa shape index (κ2) is 7.81. The zero-order chi connectivity index (χ0) is 18.6. The Balaban J connectivity index is 1.23. The number of hydrogen-bond acceptors (Lipinski definition) is 8. The van der Waals surface area contributed by atoms with Gasteiger partial charge in [-0.3, -0.25) is 0 Å². The van der Waals surface area contributed by atoms with Crippen LogP contribution in [0.3, 0.4) is 0 Å². The van der Waals surface area contributed by atoms with Gasteiger partial charge in [-0.15, -0.1) is 22.7 Å². The molecule has 0 unspecified atom stereocenters. The number of nitrogens with zero attached hydrogens (tertiary/aromatic N) is 2. The van der Waals surface area contributed by atoms with E-state index < -0.39 is 11.9 Å². The number of hydrogen-bond donors (Lipinski definition) is 0. The molecule has 2 heterocycles. The Morgan fingerprint density at radius 3 is 1.74 bits per heavy atom. The van der Waals surface area contributed by atoms with Gasteiger partial charge in [-0.1, -0.05) is 0 Å². The van der Waals surface area contributed by atoms with Crippen LogP contribution in [0.5, 0.6) is 0 Å². The van der Waals surface area contributed by atoms with Gasteiger partial charge >= 0.3 is 11.9 Å². The molecular weight excluding hydrogens is 384 g/mol. The predicted octanol–water partition coefficient (Wildman–Crippen LogP) is 4.31. The van der Waals surface area contributed by atoms with Crippen molar-refractivity contribution in [3.8, 4) is 0 Å². The molecule has 0 fully saturated rings. The normalized spacial score (nSPS) is 11.0. The van der Waals surface area contributed by atoms with E-state index in [1.807, 2.05) is 0 Å². The van der Waals surface area contributed by atoms with Crippen LogP contribution in [0.2, 0.25) is 0 Å². The second-order valence-electron chi connectivity index (χ2n) is 5.70. The van der Waals surface area contributed by atoms with Crippen molar-refractivity contribution >= 4 is 55.0 Å². The van der Waals surface area contributed by atoms with Crippen molar-refractivity contribution in [1.29, 1.82) is 0 Å². The molecule has 0 saturated heterocycles. The van der Waals surface area contributed by atoms with E-state index >= 15 is 0 Å². The topological polar surface area (TPSA) is 78.4 Å². The Labute approximate surface area is 162 Å². The van der Waals surface area contributed by atoms with Crippen molar-refractivity contribution in [2.24, 2.45) is 0 Å². The number of thiazole rings is 2. The molecule has 136 valence electrons. The summed E-state index contributed by atoms with van der Waals surface area (Å²) in [6, 6.07) is 10.5. The number of aromatic nitrogens is 2. The molecule has 8 heteroatoms. The molecule has 2 aromatic heterocycles. The van der Waals surface area contributed by atoms with Crippen molar-refractivity contribution in [3.63, 3.8) is 0 Å². The number of carbonyl (C=O) groups is 2. The van der Waals surface area contributed by atoms with Crippen LogP contribution < -0.4 is 0 Å². The quantitative estimate of drug-likeness (QED) is 0.356. The van der Waals surface area contributed by atoms with Gasteiger partial charge in [0.05, 0.1) is 55.8 Å². The molecule has 0 bridgehead atoms. The Kier molecular flexibility index (Phi) is 5.08. The van der Waals surface area contributed by atoms with Gasteiger partial charge in [-0.2, -0.15) is 0 Å². The molecule has 0 aliphatic heterocycles. The van der Waals surface area contributed by atoms with Gasteiger partial charge in [0, 0.05) is 6.42 Å². The average molecular weight is 398 g/mol. The molecule has 0 spiro atoms. The van der Waals surface area contributed by atoms with E-state index in [9.17, 15) is 9.59 Å². The molecule has 0 aliphatic rings. The Morgan fingerprint density at radius 2 is 1.26 bits per heavy atom. The number of esters is 2. The Bertz CT molecular complexity index is 1030.